The number of pyridine rings is 1. The molecule has 0 spiro atoms. The minimum Gasteiger partial charge on any atom is -0.456 e. The van der Waals surface area contributed by atoms with E-state index in [1.165, 1.54) is 0 Å². The number of nitrogens with zero attached hydrogens (tertiary/aromatic N) is 1. The first kappa shape index (κ1) is 28.4. The van der Waals surface area contributed by atoms with Gasteiger partial charge >= 0.3 is 0 Å². The summed E-state index contributed by atoms with van der Waals surface area (Å²) in [6.07, 6.45) is 0. The van der Waals surface area contributed by atoms with Crippen molar-refractivity contribution in [3.8, 4) is 55.9 Å². The second-order valence-corrected chi connectivity index (χ2v) is 14.5. The molecule has 2 aromatic heterocycles. The summed E-state index contributed by atoms with van der Waals surface area (Å²) in [6, 6.07) is 51.2. The molecule has 48 heavy (non-hydrogen) atoms. The molecule has 1 aliphatic heterocycles. The second kappa shape index (κ2) is 11.2. The highest BCUT2D eigenvalue weighted by molar-refractivity contribution is 7.89. The van der Waals surface area contributed by atoms with Gasteiger partial charge in [0.15, 0.2) is 9.84 Å². The van der Waals surface area contributed by atoms with Crippen LogP contribution < -0.4 is 0 Å². The molecule has 0 N–H and O–H groups in total. The van der Waals surface area contributed by atoms with Gasteiger partial charge in [0, 0.05) is 21.9 Å². The minimum atomic E-state index is -3.39. The number of aromatic nitrogens is 1. The minimum absolute atomic E-state index is 0.00154. The molecule has 5 heteroatoms. The third-order valence-electron chi connectivity index (χ3n) is 9.27. The Morgan fingerprint density at radius 1 is 0.438 bits per heavy atom. The largest absolute Gasteiger partial charge is 0.456 e. The van der Waals surface area contributed by atoms with Crippen LogP contribution in [0.4, 0.5) is 0 Å². The van der Waals surface area contributed by atoms with Crippen LogP contribution in [0.3, 0.4) is 0 Å². The molecule has 0 aliphatic carbocycles. The summed E-state index contributed by atoms with van der Waals surface area (Å²) in [5.41, 5.74) is 13.0. The van der Waals surface area contributed by atoms with Gasteiger partial charge in [-0.1, -0.05) is 109 Å². The lowest BCUT2D eigenvalue weighted by molar-refractivity contribution is 0.595. The standard InChI is InChI=1S/C43H29NO3S/c45-48(46)26-33-16-15-31(34-23-40(28-9-3-1-4-10-28)44-41(24-34)29-11-5-2-6-12-29)22-39(33)36-19-17-30(21-35(36)27-48)32-18-20-38-37-13-7-8-14-42(37)47-43(38)25-32/h1-25H,26-27H2. The van der Waals surface area contributed by atoms with Gasteiger partial charge in [-0.3, -0.25) is 0 Å². The fraction of sp³-hybridized carbons (Fsp3) is 0.0465. The van der Waals surface area contributed by atoms with E-state index >= 15 is 0 Å². The van der Waals surface area contributed by atoms with Crippen molar-refractivity contribution in [2.24, 2.45) is 0 Å². The van der Waals surface area contributed by atoms with Crippen molar-refractivity contribution in [3.63, 3.8) is 0 Å². The quantitative estimate of drug-likeness (QED) is 0.192. The van der Waals surface area contributed by atoms with Crippen molar-refractivity contribution in [2.75, 3.05) is 0 Å². The Balaban J connectivity index is 1.17. The lowest BCUT2D eigenvalue weighted by Crippen LogP contribution is -2.05. The number of para-hydroxylation sites is 1. The topological polar surface area (TPSA) is 60.2 Å². The highest BCUT2D eigenvalue weighted by atomic mass is 32.2. The Bertz CT molecular complexity index is 2570. The van der Waals surface area contributed by atoms with Gasteiger partial charge in [0.05, 0.1) is 22.9 Å². The molecule has 4 nitrogen and oxygen atoms in total. The molecule has 0 unspecified atom stereocenters. The van der Waals surface area contributed by atoms with Crippen LogP contribution in [-0.2, 0) is 21.3 Å². The molecule has 0 amide bonds. The van der Waals surface area contributed by atoms with Crippen LogP contribution in [0.1, 0.15) is 11.1 Å². The summed E-state index contributed by atoms with van der Waals surface area (Å²) >= 11 is 0. The first-order valence-electron chi connectivity index (χ1n) is 16.0. The lowest BCUT2D eigenvalue weighted by atomic mass is 9.90. The molecule has 0 saturated carbocycles. The molecule has 0 fully saturated rings. The van der Waals surface area contributed by atoms with Crippen molar-refractivity contribution in [1.29, 1.82) is 0 Å². The van der Waals surface area contributed by atoms with Crippen LogP contribution in [-0.4, -0.2) is 13.4 Å². The van der Waals surface area contributed by atoms with Crippen molar-refractivity contribution in [2.45, 2.75) is 11.5 Å². The van der Waals surface area contributed by atoms with E-state index in [-0.39, 0.29) is 11.5 Å². The number of benzene rings is 6. The van der Waals surface area contributed by atoms with Gasteiger partial charge in [0.2, 0.25) is 0 Å². The van der Waals surface area contributed by atoms with Crippen LogP contribution >= 0.6 is 0 Å². The van der Waals surface area contributed by atoms with Crippen molar-refractivity contribution in [1.82, 2.24) is 4.98 Å². The Kier molecular flexibility index (Phi) is 6.63. The van der Waals surface area contributed by atoms with E-state index in [1.807, 2.05) is 78.9 Å². The number of rotatable bonds is 4. The summed E-state index contributed by atoms with van der Waals surface area (Å²) < 4.78 is 33.1. The summed E-state index contributed by atoms with van der Waals surface area (Å²) in [7, 11) is -3.39. The normalized spacial score (nSPS) is 13.6. The molecular formula is C43H29NO3S. The fourth-order valence-corrected chi connectivity index (χ4v) is 8.47. The number of fused-ring (bicyclic) bond motifs is 6. The maximum atomic E-state index is 13.5. The average Bonchev–Trinajstić information content (AvgIpc) is 3.44. The summed E-state index contributed by atoms with van der Waals surface area (Å²) in [5, 5.41) is 2.15. The van der Waals surface area contributed by atoms with Crippen LogP contribution in [0.5, 0.6) is 0 Å². The van der Waals surface area contributed by atoms with Gasteiger partial charge in [0.25, 0.3) is 0 Å². The summed E-state index contributed by atoms with van der Waals surface area (Å²) in [5.74, 6) is -0.0168. The summed E-state index contributed by atoms with van der Waals surface area (Å²) in [6.45, 7) is 0. The predicted octanol–water partition coefficient (Wildman–Crippen LogP) is 10.7. The second-order valence-electron chi connectivity index (χ2n) is 12.4. The van der Waals surface area contributed by atoms with Crippen LogP contribution in [0.25, 0.3) is 77.8 Å². The van der Waals surface area contributed by atoms with E-state index in [0.717, 1.165) is 89.0 Å². The average molecular weight is 640 g/mol. The van der Waals surface area contributed by atoms with Crippen molar-refractivity contribution < 1.29 is 12.8 Å². The van der Waals surface area contributed by atoms with E-state index in [0.29, 0.717) is 0 Å². The number of hydrogen-bond donors (Lipinski definition) is 0. The zero-order valence-corrected chi connectivity index (χ0v) is 26.7. The van der Waals surface area contributed by atoms with Gasteiger partial charge in [-0.05, 0) is 87.0 Å². The van der Waals surface area contributed by atoms with E-state index in [1.54, 1.807) is 0 Å². The fourth-order valence-electron chi connectivity index (χ4n) is 6.93. The Morgan fingerprint density at radius 2 is 1.02 bits per heavy atom. The van der Waals surface area contributed by atoms with E-state index in [2.05, 4.69) is 72.8 Å². The zero-order valence-electron chi connectivity index (χ0n) is 25.9. The Hall–Kier alpha value is -5.78. The molecular weight excluding hydrogens is 611 g/mol. The predicted molar refractivity (Wildman–Crippen MR) is 195 cm³/mol. The van der Waals surface area contributed by atoms with Gasteiger partial charge < -0.3 is 4.42 Å². The van der Waals surface area contributed by atoms with Gasteiger partial charge in [-0.25, -0.2) is 13.4 Å². The zero-order chi connectivity index (χ0) is 32.2. The highest BCUT2D eigenvalue weighted by Gasteiger charge is 2.25. The first-order chi connectivity index (χ1) is 23.5. The molecule has 230 valence electrons. The molecule has 0 bridgehead atoms. The molecule has 0 radical (unpaired) electrons. The van der Waals surface area contributed by atoms with E-state index < -0.39 is 9.84 Å². The van der Waals surface area contributed by atoms with Crippen molar-refractivity contribution in [3.05, 3.63) is 163 Å². The van der Waals surface area contributed by atoms with Crippen LogP contribution in [0.2, 0.25) is 0 Å². The van der Waals surface area contributed by atoms with Crippen LogP contribution in [0.15, 0.2) is 156 Å². The maximum Gasteiger partial charge on any atom is 0.158 e. The molecule has 0 atom stereocenters. The molecule has 1 aliphatic rings. The lowest BCUT2D eigenvalue weighted by Gasteiger charge is -2.14. The van der Waals surface area contributed by atoms with Gasteiger partial charge in [-0.2, -0.15) is 0 Å². The smallest absolute Gasteiger partial charge is 0.158 e. The molecule has 0 saturated heterocycles. The van der Waals surface area contributed by atoms with E-state index in [9.17, 15) is 8.42 Å². The number of furan rings is 1. The molecule has 6 aromatic carbocycles. The third kappa shape index (κ3) is 5.09. The highest BCUT2D eigenvalue weighted by Crippen LogP contribution is 2.40. The Labute approximate surface area is 278 Å². The number of sulfone groups is 1. The Morgan fingerprint density at radius 3 is 1.77 bits per heavy atom. The number of hydrogen-bond acceptors (Lipinski definition) is 4. The van der Waals surface area contributed by atoms with Gasteiger partial charge in [0.1, 0.15) is 11.2 Å². The maximum absolute atomic E-state index is 13.5. The third-order valence-corrected chi connectivity index (χ3v) is 10.8. The molecule has 3 heterocycles. The summed E-state index contributed by atoms with van der Waals surface area (Å²) in [4.78, 5) is 5.04. The van der Waals surface area contributed by atoms with Crippen LogP contribution in [0, 0.1) is 0 Å². The first-order valence-corrected chi connectivity index (χ1v) is 17.8. The van der Waals surface area contributed by atoms with Gasteiger partial charge in [-0.15, -0.1) is 0 Å². The SMILES string of the molecule is O=S1(=O)Cc2cc(-c3ccc4c(c3)oc3ccccc34)ccc2-c2cc(-c3cc(-c4ccccc4)nc(-c4ccccc4)c3)ccc2C1. The monoisotopic (exact) mass is 639 g/mol. The molecule has 8 aromatic rings. The van der Waals surface area contributed by atoms with Crippen molar-refractivity contribution >= 4 is 31.8 Å². The molecule has 9 rings (SSSR count). The van der Waals surface area contributed by atoms with E-state index in [4.69, 9.17) is 9.40 Å².